The first kappa shape index (κ1) is 37.0. The lowest BCUT2D eigenvalue weighted by Gasteiger charge is -2.57. The number of ether oxygens (including phenoxy) is 1. The van der Waals surface area contributed by atoms with E-state index < -0.39 is 40.6 Å². The molecule has 3 aliphatic heterocycles. The summed E-state index contributed by atoms with van der Waals surface area (Å²) in [6.07, 6.45) is 4.77. The highest BCUT2D eigenvalue weighted by Crippen LogP contribution is 2.51. The second-order valence-corrected chi connectivity index (χ2v) is 17.5. The topological polar surface area (TPSA) is 118 Å². The van der Waals surface area contributed by atoms with Gasteiger partial charge in [-0.25, -0.2) is 27.5 Å². The van der Waals surface area contributed by atoms with Crippen molar-refractivity contribution in [1.82, 2.24) is 29.7 Å². The van der Waals surface area contributed by atoms with Crippen molar-refractivity contribution < 1.29 is 31.9 Å². The lowest BCUT2D eigenvalue weighted by atomic mass is 9.70. The van der Waals surface area contributed by atoms with Crippen LogP contribution in [0, 0.1) is 18.6 Å². The summed E-state index contributed by atoms with van der Waals surface area (Å²) in [6.45, 7) is 12.9. The monoisotopic (exact) mass is 774 g/mol. The maximum Gasteiger partial charge on any atom is 0.261 e. The van der Waals surface area contributed by atoms with Crippen LogP contribution in [-0.2, 0) is 14.9 Å². The van der Waals surface area contributed by atoms with Crippen LogP contribution in [0.25, 0.3) is 22.3 Å². The fourth-order valence-electron chi connectivity index (χ4n) is 9.47. The van der Waals surface area contributed by atoms with Gasteiger partial charge in [0, 0.05) is 53.1 Å². The molecular formula is C41H46F4N8O3. The minimum absolute atomic E-state index is 0.00794. The molecule has 2 saturated heterocycles. The van der Waals surface area contributed by atoms with Crippen molar-refractivity contribution in [1.29, 1.82) is 0 Å². The summed E-state index contributed by atoms with van der Waals surface area (Å²) in [7, 11) is 0. The molecule has 2 aliphatic carbocycles. The van der Waals surface area contributed by atoms with Crippen molar-refractivity contribution in [3.8, 4) is 11.3 Å². The lowest BCUT2D eigenvalue weighted by molar-refractivity contribution is -0.124. The largest absolute Gasteiger partial charge is 0.376 e. The van der Waals surface area contributed by atoms with Gasteiger partial charge in [-0.2, -0.15) is 0 Å². The van der Waals surface area contributed by atoms with Crippen LogP contribution >= 0.6 is 0 Å². The molecule has 5 aliphatic rings. The molecule has 6 heterocycles. The SMILES string of the molecule is Cc1c(C(=O)NC2(C(F)F)CC2)cc(Nc2nc(-c3cnc4c(c3)N(C3CC(C)(N5CCC6CC5CO6)C3)C(=O)C4(C)C)cc3ncn(C(C)C)c23)c(F)c1F. The second-order valence-electron chi connectivity index (χ2n) is 17.5. The third-order valence-corrected chi connectivity index (χ3v) is 13.0. The molecule has 11 nitrogen and oxygen atoms in total. The Kier molecular flexibility index (Phi) is 8.38. The number of fused-ring (bicyclic) bond motifs is 4. The normalized spacial score (nSPS) is 26.2. The van der Waals surface area contributed by atoms with Gasteiger partial charge < -0.3 is 24.8 Å². The maximum absolute atomic E-state index is 15.7. The number of aromatic nitrogens is 4. The number of likely N-dealkylation sites (tertiary alicyclic amines) is 1. The summed E-state index contributed by atoms with van der Waals surface area (Å²) in [4.78, 5) is 46.2. The Balaban J connectivity index is 1.07. The molecular weight excluding hydrogens is 728 g/mol. The van der Waals surface area contributed by atoms with Crippen molar-refractivity contribution in [3.05, 3.63) is 59.2 Å². The standard InChI is InChI=1S/C41H46F4N8O3/c1-20(2)51-19-47-29-14-27(48-35(33(29)51)49-28-13-26(21(3)31(42)32(28)43)36(54)50-41(8-9-41)37(44)45)22-11-30-34(46-17-22)39(4,5)38(55)53(30)24-15-40(6,16-24)52-10-7-25-12-23(52)18-56-25/h11,13-14,17,19-20,23-25,37H,7-10,12,15-16,18H2,1-6H3,(H,48,49)(H,50,54). The number of alkyl halides is 2. The first-order valence-corrected chi connectivity index (χ1v) is 19.5. The number of amides is 2. The number of carbonyl (C=O) groups is 2. The zero-order chi connectivity index (χ0) is 39.6. The van der Waals surface area contributed by atoms with Gasteiger partial charge in [-0.3, -0.25) is 19.5 Å². The van der Waals surface area contributed by atoms with Crippen LogP contribution in [0.15, 0.2) is 30.7 Å². The number of hydrogen-bond donors (Lipinski definition) is 2. The van der Waals surface area contributed by atoms with Gasteiger partial charge in [0.05, 0.1) is 52.7 Å². The van der Waals surface area contributed by atoms with E-state index in [0.29, 0.717) is 40.1 Å². The van der Waals surface area contributed by atoms with Gasteiger partial charge in [-0.1, -0.05) is 0 Å². The Bertz CT molecular complexity index is 2300. The number of halogens is 4. The van der Waals surface area contributed by atoms with Gasteiger partial charge in [0.25, 0.3) is 12.3 Å². The summed E-state index contributed by atoms with van der Waals surface area (Å²) < 4.78 is 66.4. The van der Waals surface area contributed by atoms with Crippen molar-refractivity contribution >= 4 is 40.0 Å². The number of anilines is 3. The first-order valence-electron chi connectivity index (χ1n) is 19.5. The zero-order valence-electron chi connectivity index (χ0n) is 32.4. The molecule has 9 rings (SSSR count). The van der Waals surface area contributed by atoms with Gasteiger partial charge in [0.1, 0.15) is 11.1 Å². The minimum atomic E-state index is -2.80. The van der Waals surface area contributed by atoms with Crippen LogP contribution < -0.4 is 15.5 Å². The number of piperidine rings is 1. The van der Waals surface area contributed by atoms with Crippen LogP contribution in [0.1, 0.15) is 101 Å². The third kappa shape index (κ3) is 5.62. The molecule has 2 saturated carbocycles. The predicted octanol–water partition coefficient (Wildman–Crippen LogP) is 7.34. The Morgan fingerprint density at radius 2 is 1.79 bits per heavy atom. The summed E-state index contributed by atoms with van der Waals surface area (Å²) in [5, 5.41) is 5.27. The molecule has 1 aromatic carbocycles. The number of hydrogen-bond acceptors (Lipinski definition) is 8. The summed E-state index contributed by atoms with van der Waals surface area (Å²) >= 11 is 0. The van der Waals surface area contributed by atoms with E-state index in [1.54, 1.807) is 18.6 Å². The number of benzene rings is 1. The first-order chi connectivity index (χ1) is 26.5. The number of pyridine rings is 2. The van der Waals surface area contributed by atoms with Crippen LogP contribution in [0.5, 0.6) is 0 Å². The molecule has 2 amide bonds. The average Bonchev–Trinajstić information content (AvgIpc) is 3.57. The molecule has 2 bridgehead atoms. The molecule has 296 valence electrons. The Labute approximate surface area is 322 Å². The van der Waals surface area contributed by atoms with E-state index >= 15 is 8.78 Å². The quantitative estimate of drug-likeness (QED) is 0.170. The Morgan fingerprint density at radius 3 is 2.48 bits per heavy atom. The van der Waals surface area contributed by atoms with Crippen LogP contribution in [-0.4, -0.2) is 85.1 Å². The molecule has 56 heavy (non-hydrogen) atoms. The van der Waals surface area contributed by atoms with Gasteiger partial charge >= 0.3 is 0 Å². The molecule has 4 aromatic rings. The molecule has 15 heteroatoms. The number of nitrogens with zero attached hydrogens (tertiary/aromatic N) is 6. The molecule has 2 N–H and O–H groups in total. The molecule has 3 aromatic heterocycles. The summed E-state index contributed by atoms with van der Waals surface area (Å²) in [5.74, 6) is -3.33. The van der Waals surface area contributed by atoms with E-state index in [0.717, 1.165) is 50.6 Å². The smallest absolute Gasteiger partial charge is 0.261 e. The number of nitrogens with one attached hydrogen (secondary N) is 2. The third-order valence-electron chi connectivity index (χ3n) is 13.0. The van der Waals surface area contributed by atoms with E-state index in [4.69, 9.17) is 14.7 Å². The van der Waals surface area contributed by atoms with Crippen LogP contribution in [0.4, 0.5) is 34.8 Å². The van der Waals surface area contributed by atoms with Crippen molar-refractivity contribution in [2.45, 2.75) is 127 Å². The van der Waals surface area contributed by atoms with E-state index in [1.807, 2.05) is 43.2 Å². The molecule has 4 fully saturated rings. The highest BCUT2D eigenvalue weighted by atomic mass is 19.3. The maximum atomic E-state index is 15.7. The number of rotatable bonds is 9. The highest BCUT2D eigenvalue weighted by molar-refractivity contribution is 6.08. The minimum Gasteiger partial charge on any atom is -0.376 e. The van der Waals surface area contributed by atoms with Gasteiger partial charge in [-0.15, -0.1) is 0 Å². The van der Waals surface area contributed by atoms with Gasteiger partial charge in [-0.05, 0) is 98.3 Å². The van der Waals surface area contributed by atoms with Crippen LogP contribution in [0.3, 0.4) is 0 Å². The summed E-state index contributed by atoms with van der Waals surface area (Å²) in [5.41, 5.74) is -0.108. The van der Waals surface area contributed by atoms with Crippen LogP contribution in [0.2, 0.25) is 0 Å². The predicted molar refractivity (Wildman–Crippen MR) is 202 cm³/mol. The van der Waals surface area contributed by atoms with Gasteiger partial charge in [0.15, 0.2) is 17.5 Å². The molecule has 0 spiro atoms. The summed E-state index contributed by atoms with van der Waals surface area (Å²) in [6, 6.07) is 5.13. The Hall–Kier alpha value is -4.63. The zero-order valence-corrected chi connectivity index (χ0v) is 32.4. The van der Waals surface area contributed by atoms with E-state index in [2.05, 4.69) is 27.4 Å². The van der Waals surface area contributed by atoms with Crippen molar-refractivity contribution in [2.75, 3.05) is 23.4 Å². The molecule has 0 radical (unpaired) electrons. The van der Waals surface area contributed by atoms with Gasteiger partial charge in [0.2, 0.25) is 5.91 Å². The molecule has 2 atom stereocenters. The highest BCUT2D eigenvalue weighted by Gasteiger charge is 2.57. The fourth-order valence-corrected chi connectivity index (χ4v) is 9.47. The van der Waals surface area contributed by atoms with Crippen molar-refractivity contribution in [2.24, 2.45) is 0 Å². The van der Waals surface area contributed by atoms with E-state index in [9.17, 15) is 18.4 Å². The van der Waals surface area contributed by atoms with E-state index in [1.165, 1.54) is 6.92 Å². The Morgan fingerprint density at radius 1 is 1.04 bits per heavy atom. The average molecular weight is 775 g/mol. The number of carbonyl (C=O) groups excluding carboxylic acids is 2. The second kappa shape index (κ2) is 12.7. The van der Waals surface area contributed by atoms with Crippen molar-refractivity contribution in [3.63, 3.8) is 0 Å². The lowest BCUT2D eigenvalue weighted by Crippen LogP contribution is -2.66. The number of imidazole rings is 1. The van der Waals surface area contributed by atoms with E-state index in [-0.39, 0.29) is 53.3 Å². The molecule has 2 unspecified atom stereocenters. The fraction of sp³-hybridized carbons (Fsp3) is 0.537.